The predicted octanol–water partition coefficient (Wildman–Crippen LogP) is 4.92. The number of esters is 1. The summed E-state index contributed by atoms with van der Waals surface area (Å²) in [7, 11) is 7.34. The van der Waals surface area contributed by atoms with E-state index in [0.717, 1.165) is 30.7 Å². The average molecular weight is 392 g/mol. The Kier molecular flexibility index (Phi) is 6.89. The van der Waals surface area contributed by atoms with E-state index in [1.807, 2.05) is 30.3 Å². The van der Waals surface area contributed by atoms with Gasteiger partial charge in [0.1, 0.15) is 5.75 Å². The van der Waals surface area contributed by atoms with Crippen LogP contribution >= 0.6 is 0 Å². The lowest BCUT2D eigenvalue weighted by molar-refractivity contribution is 0.0600. The van der Waals surface area contributed by atoms with Crippen molar-refractivity contribution >= 4 is 17.6 Å². The highest BCUT2D eigenvalue weighted by molar-refractivity contribution is 5.90. The summed E-state index contributed by atoms with van der Waals surface area (Å²) in [4.78, 5) is 14.1. The van der Waals surface area contributed by atoms with Gasteiger partial charge < -0.3 is 14.4 Å². The molecule has 0 radical (unpaired) electrons. The molecule has 0 spiro atoms. The van der Waals surface area contributed by atoms with Gasteiger partial charge in [-0.2, -0.15) is 0 Å². The van der Waals surface area contributed by atoms with Gasteiger partial charge in [0.05, 0.1) is 19.8 Å². The van der Waals surface area contributed by atoms with Crippen LogP contribution in [0.3, 0.4) is 0 Å². The Bertz CT molecular complexity index is 927. The first kappa shape index (κ1) is 20.9. The van der Waals surface area contributed by atoms with Crippen molar-refractivity contribution in [2.75, 3.05) is 34.9 Å². The standard InChI is InChI=1S/C25H29NO3/c1-26(2)17-22-12-11-19(13-18-7-5-9-21(14-18)25(27)29-4)15-24(22)20-8-6-10-23(16-20)28-3/h5-10,13-16,22H,11-12,17H2,1-4H3/b19-13-/t22-/m1/s1. The molecule has 0 amide bonds. The summed E-state index contributed by atoms with van der Waals surface area (Å²) >= 11 is 0. The summed E-state index contributed by atoms with van der Waals surface area (Å²) in [6, 6.07) is 15.8. The van der Waals surface area contributed by atoms with Crippen molar-refractivity contribution in [2.45, 2.75) is 12.8 Å². The molecule has 2 aromatic carbocycles. The smallest absolute Gasteiger partial charge is 0.337 e. The van der Waals surface area contributed by atoms with E-state index in [-0.39, 0.29) is 5.97 Å². The molecule has 0 saturated heterocycles. The lowest BCUT2D eigenvalue weighted by Gasteiger charge is -2.28. The van der Waals surface area contributed by atoms with Gasteiger partial charge in [0, 0.05) is 6.54 Å². The Morgan fingerprint density at radius 1 is 1.14 bits per heavy atom. The average Bonchev–Trinajstić information content (AvgIpc) is 2.74. The van der Waals surface area contributed by atoms with Gasteiger partial charge in [-0.1, -0.05) is 36.4 Å². The molecule has 1 aliphatic carbocycles. The third-order valence-corrected chi connectivity index (χ3v) is 5.21. The first-order valence-corrected chi connectivity index (χ1v) is 9.90. The van der Waals surface area contributed by atoms with Gasteiger partial charge in [-0.15, -0.1) is 0 Å². The zero-order valence-electron chi connectivity index (χ0n) is 17.6. The highest BCUT2D eigenvalue weighted by Gasteiger charge is 2.22. The molecule has 29 heavy (non-hydrogen) atoms. The number of carbonyl (C=O) groups excluding carboxylic acids is 1. The number of benzene rings is 2. The molecule has 0 bridgehead atoms. The van der Waals surface area contributed by atoms with Gasteiger partial charge in [-0.05, 0) is 79.4 Å². The van der Waals surface area contributed by atoms with Gasteiger partial charge in [0.15, 0.2) is 0 Å². The number of ether oxygens (including phenoxy) is 2. The highest BCUT2D eigenvalue weighted by Crippen LogP contribution is 2.37. The van der Waals surface area contributed by atoms with Crippen LogP contribution in [0.1, 0.15) is 34.3 Å². The zero-order valence-corrected chi connectivity index (χ0v) is 17.6. The Hall–Kier alpha value is -2.85. The maximum atomic E-state index is 11.8. The van der Waals surface area contributed by atoms with Gasteiger partial charge >= 0.3 is 5.97 Å². The van der Waals surface area contributed by atoms with Crippen LogP contribution in [0.25, 0.3) is 11.6 Å². The van der Waals surface area contributed by atoms with Crippen molar-refractivity contribution in [3.05, 3.63) is 76.9 Å². The normalized spacial score (nSPS) is 17.9. The molecule has 1 aliphatic rings. The summed E-state index contributed by atoms with van der Waals surface area (Å²) in [5.41, 5.74) is 5.37. The topological polar surface area (TPSA) is 38.8 Å². The second kappa shape index (κ2) is 9.57. The molecule has 3 rings (SSSR count). The molecule has 0 saturated carbocycles. The number of hydrogen-bond acceptors (Lipinski definition) is 4. The summed E-state index contributed by atoms with van der Waals surface area (Å²) < 4.78 is 10.3. The lowest BCUT2D eigenvalue weighted by atomic mass is 9.81. The van der Waals surface area contributed by atoms with E-state index >= 15 is 0 Å². The SMILES string of the molecule is COC(=O)c1cccc(/C=C2\C=C(c3cccc(OC)c3)[C@@H](CN(C)C)CC2)c1. The number of nitrogens with zero attached hydrogens (tertiary/aromatic N) is 1. The molecule has 0 unspecified atom stereocenters. The second-order valence-corrected chi connectivity index (χ2v) is 7.67. The van der Waals surface area contributed by atoms with Crippen LogP contribution in [0.5, 0.6) is 5.75 Å². The third-order valence-electron chi connectivity index (χ3n) is 5.21. The molecule has 4 heteroatoms. The van der Waals surface area contributed by atoms with E-state index in [4.69, 9.17) is 9.47 Å². The minimum Gasteiger partial charge on any atom is -0.497 e. The van der Waals surface area contributed by atoms with Crippen molar-refractivity contribution in [2.24, 2.45) is 5.92 Å². The van der Waals surface area contributed by atoms with E-state index in [2.05, 4.69) is 43.3 Å². The van der Waals surface area contributed by atoms with Crippen LogP contribution in [0.4, 0.5) is 0 Å². The summed E-state index contributed by atoms with van der Waals surface area (Å²) in [5, 5.41) is 0. The molecule has 0 heterocycles. The van der Waals surface area contributed by atoms with Crippen LogP contribution in [0.15, 0.2) is 60.2 Å². The van der Waals surface area contributed by atoms with Gasteiger partial charge in [0.25, 0.3) is 0 Å². The van der Waals surface area contributed by atoms with Gasteiger partial charge in [0.2, 0.25) is 0 Å². The molecule has 1 atom stereocenters. The van der Waals surface area contributed by atoms with E-state index in [1.165, 1.54) is 23.8 Å². The van der Waals surface area contributed by atoms with Crippen molar-refractivity contribution in [1.29, 1.82) is 0 Å². The van der Waals surface area contributed by atoms with E-state index in [0.29, 0.717) is 11.5 Å². The van der Waals surface area contributed by atoms with Crippen LogP contribution in [-0.2, 0) is 4.74 Å². The number of hydrogen-bond donors (Lipinski definition) is 0. The number of rotatable bonds is 6. The second-order valence-electron chi connectivity index (χ2n) is 7.67. The predicted molar refractivity (Wildman–Crippen MR) is 118 cm³/mol. The Morgan fingerprint density at radius 3 is 2.66 bits per heavy atom. The fourth-order valence-electron chi connectivity index (χ4n) is 3.84. The van der Waals surface area contributed by atoms with Crippen molar-refractivity contribution in [3.8, 4) is 5.75 Å². The summed E-state index contributed by atoms with van der Waals surface area (Å²) in [6.45, 7) is 1.01. The van der Waals surface area contributed by atoms with Crippen molar-refractivity contribution in [1.82, 2.24) is 4.90 Å². The maximum absolute atomic E-state index is 11.8. The first-order chi connectivity index (χ1) is 14.0. The summed E-state index contributed by atoms with van der Waals surface area (Å²) in [5.74, 6) is 1.03. The van der Waals surface area contributed by atoms with Crippen LogP contribution in [0, 0.1) is 5.92 Å². The van der Waals surface area contributed by atoms with Crippen LogP contribution in [-0.4, -0.2) is 45.7 Å². The Balaban J connectivity index is 1.98. The summed E-state index contributed by atoms with van der Waals surface area (Å²) in [6.07, 6.45) is 6.56. The number of allylic oxidation sites excluding steroid dienone is 2. The monoisotopic (exact) mass is 391 g/mol. The zero-order chi connectivity index (χ0) is 20.8. The quantitative estimate of drug-likeness (QED) is 0.655. The fraction of sp³-hybridized carbons (Fsp3) is 0.320. The molecule has 0 aromatic heterocycles. The van der Waals surface area contributed by atoms with Crippen LogP contribution in [0.2, 0.25) is 0 Å². The third kappa shape index (κ3) is 5.36. The fourth-order valence-corrected chi connectivity index (χ4v) is 3.84. The molecule has 0 N–H and O–H groups in total. The molecule has 152 valence electrons. The van der Waals surface area contributed by atoms with Gasteiger partial charge in [-0.3, -0.25) is 0 Å². The van der Waals surface area contributed by atoms with E-state index in [9.17, 15) is 4.79 Å². The highest BCUT2D eigenvalue weighted by atomic mass is 16.5. The molecule has 4 nitrogen and oxygen atoms in total. The molecule has 0 aliphatic heterocycles. The molecule has 2 aromatic rings. The van der Waals surface area contributed by atoms with E-state index < -0.39 is 0 Å². The minimum absolute atomic E-state index is 0.312. The molecular formula is C25H29NO3. The minimum atomic E-state index is -0.312. The van der Waals surface area contributed by atoms with Crippen molar-refractivity contribution < 1.29 is 14.3 Å². The molecule has 0 fully saturated rings. The van der Waals surface area contributed by atoms with E-state index in [1.54, 1.807) is 13.2 Å². The van der Waals surface area contributed by atoms with Crippen LogP contribution < -0.4 is 4.74 Å². The lowest BCUT2D eigenvalue weighted by Crippen LogP contribution is -2.24. The van der Waals surface area contributed by atoms with Crippen molar-refractivity contribution in [3.63, 3.8) is 0 Å². The van der Waals surface area contributed by atoms with Gasteiger partial charge in [-0.25, -0.2) is 4.79 Å². The largest absolute Gasteiger partial charge is 0.497 e. The molecular weight excluding hydrogens is 362 g/mol. The number of carbonyl (C=O) groups is 1. The maximum Gasteiger partial charge on any atom is 0.337 e. The Morgan fingerprint density at radius 2 is 1.93 bits per heavy atom. The Labute approximate surface area is 173 Å². The number of methoxy groups -OCH3 is 2. The first-order valence-electron chi connectivity index (χ1n) is 9.90.